The van der Waals surface area contributed by atoms with Crippen molar-refractivity contribution >= 4 is 18.3 Å². The van der Waals surface area contributed by atoms with Crippen molar-refractivity contribution in [3.8, 4) is 5.75 Å². The first-order valence-electron chi connectivity index (χ1n) is 13.0. The molecule has 0 amide bonds. The van der Waals surface area contributed by atoms with E-state index in [1.165, 1.54) is 4.31 Å². The minimum absolute atomic E-state index is 0.150. The Morgan fingerprint density at radius 2 is 1.44 bits per heavy atom. The summed E-state index contributed by atoms with van der Waals surface area (Å²) in [5.74, 6) is 0.245. The zero-order valence-electron chi connectivity index (χ0n) is 24.1. The Hall–Kier alpha value is -2.66. The molecule has 0 radical (unpaired) electrons. The molecule has 0 aliphatic heterocycles. The van der Waals surface area contributed by atoms with Gasteiger partial charge in [0.2, 0.25) is 10.0 Å². The number of methoxy groups -OCH3 is 1. The zero-order valence-corrected chi connectivity index (χ0v) is 25.9. The minimum atomic E-state index is -3.97. The average molecular weight is 574 g/mol. The van der Waals surface area contributed by atoms with Gasteiger partial charge in [-0.3, -0.25) is 0 Å². The lowest BCUT2D eigenvalue weighted by atomic mass is 10.1. The number of sulfonamides is 1. The monoisotopic (exact) mass is 573 g/mol. The number of rotatable bonds is 11. The lowest BCUT2D eigenvalue weighted by Crippen LogP contribution is -2.47. The van der Waals surface area contributed by atoms with Crippen molar-refractivity contribution in [2.75, 3.05) is 7.11 Å². The summed E-state index contributed by atoms with van der Waals surface area (Å²) in [6, 6.07) is 15.1. The quantitative estimate of drug-likeness (QED) is 0.246. The summed E-state index contributed by atoms with van der Waals surface area (Å²) in [6.45, 7) is 14.3. The summed E-state index contributed by atoms with van der Waals surface area (Å²) in [7, 11) is -4.86. The maximum Gasteiger partial charge on any atom is 0.220 e. The fourth-order valence-electron chi connectivity index (χ4n) is 3.78. The van der Waals surface area contributed by atoms with Crippen molar-refractivity contribution in [2.24, 2.45) is 0 Å². The maximum absolute atomic E-state index is 14.4. The normalized spacial score (nSPS) is 14.3. The van der Waals surface area contributed by atoms with Crippen LogP contribution in [0, 0.1) is 12.7 Å². The number of hydrogen-bond donors (Lipinski definition) is 0. The number of hydrogen-bond acceptors (Lipinski definition) is 6. The molecule has 2 aromatic carbocycles. The first-order chi connectivity index (χ1) is 18.1. The van der Waals surface area contributed by atoms with Gasteiger partial charge in [0, 0.05) is 13.1 Å². The van der Waals surface area contributed by atoms with E-state index in [0.29, 0.717) is 5.75 Å². The van der Waals surface area contributed by atoms with Gasteiger partial charge in [-0.25, -0.2) is 22.8 Å². The summed E-state index contributed by atoms with van der Waals surface area (Å²) in [6.07, 6.45) is 1.11. The molecular formula is C29H40FN3O4SSi. The van der Waals surface area contributed by atoms with Gasteiger partial charge in [0.05, 0.1) is 19.5 Å². The first-order valence-corrected chi connectivity index (χ1v) is 17.4. The van der Waals surface area contributed by atoms with Crippen LogP contribution in [-0.2, 0) is 27.5 Å². The molecule has 0 aliphatic rings. The van der Waals surface area contributed by atoms with E-state index < -0.39 is 35.5 Å². The van der Waals surface area contributed by atoms with E-state index >= 15 is 0 Å². The highest BCUT2D eigenvalue weighted by Gasteiger charge is 2.45. The SMILES string of the molecule is COc1ccc(CN(Cc2ccc(C)cc2)S(=O)(=O)[C@@H](C)[C@H](O[Si](C)(C)C(C)(C)C)c2ncc(F)cn2)cc1. The van der Waals surface area contributed by atoms with Crippen LogP contribution in [-0.4, -0.2) is 43.4 Å². The van der Waals surface area contributed by atoms with Crippen LogP contribution in [0.2, 0.25) is 18.1 Å². The Kier molecular flexibility index (Phi) is 9.69. The van der Waals surface area contributed by atoms with Gasteiger partial charge in [-0.15, -0.1) is 0 Å². The highest BCUT2D eigenvalue weighted by Crippen LogP contribution is 2.41. The molecule has 7 nitrogen and oxygen atoms in total. The van der Waals surface area contributed by atoms with Crippen molar-refractivity contribution in [1.82, 2.24) is 14.3 Å². The van der Waals surface area contributed by atoms with E-state index in [-0.39, 0.29) is 24.0 Å². The summed E-state index contributed by atoms with van der Waals surface area (Å²) >= 11 is 0. The number of nitrogens with zero attached hydrogens (tertiary/aromatic N) is 3. The largest absolute Gasteiger partial charge is 0.497 e. The lowest BCUT2D eigenvalue weighted by molar-refractivity contribution is 0.168. The minimum Gasteiger partial charge on any atom is -0.497 e. The highest BCUT2D eigenvalue weighted by molar-refractivity contribution is 7.89. The fraction of sp³-hybridized carbons (Fsp3) is 0.448. The summed E-state index contributed by atoms with van der Waals surface area (Å²) < 4.78 is 55.8. The molecule has 0 unspecified atom stereocenters. The van der Waals surface area contributed by atoms with E-state index in [9.17, 15) is 12.8 Å². The first kappa shape index (κ1) is 30.9. The van der Waals surface area contributed by atoms with Crippen molar-refractivity contribution in [3.05, 3.63) is 89.3 Å². The number of benzene rings is 2. The van der Waals surface area contributed by atoms with E-state index in [1.54, 1.807) is 14.0 Å². The van der Waals surface area contributed by atoms with Gasteiger partial charge in [-0.1, -0.05) is 62.7 Å². The molecule has 0 bridgehead atoms. The molecule has 0 saturated carbocycles. The zero-order chi connectivity index (χ0) is 29.0. The van der Waals surface area contributed by atoms with Gasteiger partial charge in [-0.05, 0) is 55.2 Å². The van der Waals surface area contributed by atoms with Crippen LogP contribution in [0.1, 0.15) is 56.3 Å². The van der Waals surface area contributed by atoms with Crippen LogP contribution < -0.4 is 4.74 Å². The van der Waals surface area contributed by atoms with E-state index in [1.807, 2.05) is 68.5 Å². The van der Waals surface area contributed by atoms with Crippen LogP contribution in [0.15, 0.2) is 60.9 Å². The van der Waals surface area contributed by atoms with Crippen molar-refractivity contribution < 1.29 is 22.0 Å². The molecule has 0 spiro atoms. The molecule has 212 valence electrons. The predicted octanol–water partition coefficient (Wildman–Crippen LogP) is 6.42. The van der Waals surface area contributed by atoms with Gasteiger partial charge in [0.25, 0.3) is 0 Å². The summed E-state index contributed by atoms with van der Waals surface area (Å²) in [5.41, 5.74) is 2.77. The molecule has 39 heavy (non-hydrogen) atoms. The van der Waals surface area contributed by atoms with Crippen LogP contribution in [0.5, 0.6) is 5.75 Å². The predicted molar refractivity (Wildman–Crippen MR) is 155 cm³/mol. The maximum atomic E-state index is 14.4. The molecule has 1 heterocycles. The van der Waals surface area contributed by atoms with Crippen molar-refractivity contribution in [2.45, 2.75) is 77.2 Å². The Balaban J connectivity index is 2.05. The number of aromatic nitrogens is 2. The summed E-state index contributed by atoms with van der Waals surface area (Å²) in [4.78, 5) is 8.30. The Morgan fingerprint density at radius 1 is 0.949 bits per heavy atom. The van der Waals surface area contributed by atoms with Gasteiger partial charge >= 0.3 is 0 Å². The van der Waals surface area contributed by atoms with E-state index in [0.717, 1.165) is 29.1 Å². The molecule has 0 saturated heterocycles. The highest BCUT2D eigenvalue weighted by atomic mass is 32.2. The third kappa shape index (κ3) is 7.72. The second-order valence-corrected chi connectivity index (χ2v) is 18.5. The third-order valence-electron chi connectivity index (χ3n) is 7.38. The van der Waals surface area contributed by atoms with Crippen LogP contribution >= 0.6 is 0 Å². The topological polar surface area (TPSA) is 81.6 Å². The van der Waals surface area contributed by atoms with Gasteiger partial charge in [-0.2, -0.15) is 4.31 Å². The number of aryl methyl sites for hydroxylation is 1. The number of ether oxygens (including phenoxy) is 1. The van der Waals surface area contributed by atoms with E-state index in [2.05, 4.69) is 30.7 Å². The Labute approximate surface area is 233 Å². The molecular weight excluding hydrogens is 533 g/mol. The lowest BCUT2D eigenvalue weighted by Gasteiger charge is -2.40. The fourth-order valence-corrected chi connectivity index (χ4v) is 6.80. The Morgan fingerprint density at radius 3 is 1.90 bits per heavy atom. The smallest absolute Gasteiger partial charge is 0.220 e. The second-order valence-electron chi connectivity index (χ2n) is 11.4. The Bertz CT molecular complexity index is 1330. The molecule has 0 fully saturated rings. The second kappa shape index (κ2) is 12.2. The summed E-state index contributed by atoms with van der Waals surface area (Å²) in [5, 5.41) is -1.24. The molecule has 10 heteroatoms. The number of halogens is 1. The van der Waals surface area contributed by atoms with Gasteiger partial charge in [0.15, 0.2) is 20.0 Å². The van der Waals surface area contributed by atoms with Crippen molar-refractivity contribution in [1.29, 1.82) is 0 Å². The standard InChI is InChI=1S/C29H40FN3O4SSi/c1-21-9-11-23(12-10-21)19-33(20-24-13-15-26(36-6)16-14-24)38(34,35)22(2)27(28-31-17-25(30)18-32-28)37-39(7,8)29(3,4)5/h9-18,22,27H,19-20H2,1-8H3/t22-,27-/m0/s1. The van der Waals surface area contributed by atoms with Crippen LogP contribution in [0.4, 0.5) is 4.39 Å². The van der Waals surface area contributed by atoms with Crippen molar-refractivity contribution in [3.63, 3.8) is 0 Å². The third-order valence-corrected chi connectivity index (χ3v) is 14.0. The molecule has 2 atom stereocenters. The average Bonchev–Trinajstić information content (AvgIpc) is 2.88. The molecule has 1 aromatic heterocycles. The molecule has 0 N–H and O–H groups in total. The van der Waals surface area contributed by atoms with Gasteiger partial charge in [0.1, 0.15) is 17.1 Å². The molecule has 3 rings (SSSR count). The van der Waals surface area contributed by atoms with Gasteiger partial charge < -0.3 is 9.16 Å². The molecule has 0 aliphatic carbocycles. The molecule has 3 aromatic rings. The van der Waals surface area contributed by atoms with Crippen LogP contribution in [0.3, 0.4) is 0 Å². The van der Waals surface area contributed by atoms with Crippen LogP contribution in [0.25, 0.3) is 0 Å². The van der Waals surface area contributed by atoms with E-state index in [4.69, 9.17) is 9.16 Å².